The van der Waals surface area contributed by atoms with Crippen molar-refractivity contribution in [3.05, 3.63) is 65.2 Å². The average molecular weight is 255 g/mol. The maximum atomic E-state index is 5.31. The molecule has 0 radical (unpaired) electrons. The lowest BCUT2D eigenvalue weighted by atomic mass is 9.93. The second-order valence-electron chi connectivity index (χ2n) is 4.55. The molecular weight excluding hydrogens is 234 g/mol. The average Bonchev–Trinajstić information content (AvgIpc) is 2.49. The van der Waals surface area contributed by atoms with Crippen molar-refractivity contribution >= 4 is 0 Å². The van der Waals surface area contributed by atoms with Gasteiger partial charge >= 0.3 is 0 Å². The largest absolute Gasteiger partial charge is 0.497 e. The van der Waals surface area contributed by atoms with Crippen LogP contribution in [0.15, 0.2) is 48.5 Å². The van der Waals surface area contributed by atoms with Crippen molar-refractivity contribution in [1.29, 1.82) is 0 Å². The molecule has 0 amide bonds. The molecule has 2 rings (SSSR count). The molecule has 0 aliphatic rings. The molecule has 2 aromatic carbocycles. The van der Waals surface area contributed by atoms with Crippen LogP contribution in [-0.4, -0.2) is 14.2 Å². The first kappa shape index (κ1) is 13.6. The molecule has 0 fully saturated rings. The molecule has 0 aromatic heterocycles. The van der Waals surface area contributed by atoms with Crippen molar-refractivity contribution in [1.82, 2.24) is 5.32 Å². The summed E-state index contributed by atoms with van der Waals surface area (Å²) >= 11 is 0. The molecule has 100 valence electrons. The molecule has 19 heavy (non-hydrogen) atoms. The van der Waals surface area contributed by atoms with Crippen molar-refractivity contribution in [2.75, 3.05) is 14.2 Å². The highest BCUT2D eigenvalue weighted by Gasteiger charge is 2.15. The van der Waals surface area contributed by atoms with Gasteiger partial charge in [-0.1, -0.05) is 43.3 Å². The standard InChI is InChI=1S/C17H21NO/c1-4-13-8-5-6-11-16(13)17(18-2)14-9-7-10-15(12-14)19-3/h5-12,17-18H,4H2,1-3H3. The Kier molecular flexibility index (Phi) is 4.58. The number of ether oxygens (including phenoxy) is 1. The maximum Gasteiger partial charge on any atom is 0.119 e. The lowest BCUT2D eigenvalue weighted by Gasteiger charge is -2.20. The first-order valence-electron chi connectivity index (χ1n) is 6.69. The molecule has 1 unspecified atom stereocenters. The van der Waals surface area contributed by atoms with Crippen molar-refractivity contribution < 1.29 is 4.74 Å². The molecule has 1 N–H and O–H groups in total. The quantitative estimate of drug-likeness (QED) is 0.882. The molecule has 2 aromatic rings. The van der Waals surface area contributed by atoms with E-state index in [1.807, 2.05) is 19.2 Å². The third-order valence-corrected chi connectivity index (χ3v) is 3.46. The van der Waals surface area contributed by atoms with Crippen LogP contribution in [0.4, 0.5) is 0 Å². The van der Waals surface area contributed by atoms with Gasteiger partial charge < -0.3 is 10.1 Å². The van der Waals surface area contributed by atoms with E-state index in [4.69, 9.17) is 4.74 Å². The molecule has 0 spiro atoms. The summed E-state index contributed by atoms with van der Waals surface area (Å²) in [5.74, 6) is 0.895. The molecule has 0 heterocycles. The SMILES string of the molecule is CCc1ccccc1C(NC)c1cccc(OC)c1. The molecule has 2 nitrogen and oxygen atoms in total. The van der Waals surface area contributed by atoms with Crippen LogP contribution in [-0.2, 0) is 6.42 Å². The van der Waals surface area contributed by atoms with E-state index < -0.39 is 0 Å². The molecule has 0 bridgehead atoms. The number of hydrogen-bond donors (Lipinski definition) is 1. The van der Waals surface area contributed by atoms with Gasteiger partial charge in [-0.15, -0.1) is 0 Å². The van der Waals surface area contributed by atoms with Crippen LogP contribution in [0.5, 0.6) is 5.75 Å². The Labute approximate surface area is 115 Å². The fourth-order valence-corrected chi connectivity index (χ4v) is 2.46. The zero-order valence-corrected chi connectivity index (χ0v) is 11.8. The fourth-order valence-electron chi connectivity index (χ4n) is 2.46. The Morgan fingerprint density at radius 1 is 1.11 bits per heavy atom. The number of aryl methyl sites for hydroxylation is 1. The Hall–Kier alpha value is -1.80. The van der Waals surface area contributed by atoms with E-state index in [-0.39, 0.29) is 6.04 Å². The third kappa shape index (κ3) is 2.96. The highest BCUT2D eigenvalue weighted by molar-refractivity contribution is 5.40. The number of rotatable bonds is 5. The van der Waals surface area contributed by atoms with Crippen LogP contribution in [0, 0.1) is 0 Å². The number of hydrogen-bond acceptors (Lipinski definition) is 2. The van der Waals surface area contributed by atoms with Crippen molar-refractivity contribution in [3.63, 3.8) is 0 Å². The summed E-state index contributed by atoms with van der Waals surface area (Å²) in [6.45, 7) is 2.19. The van der Waals surface area contributed by atoms with Gasteiger partial charge in [0.2, 0.25) is 0 Å². The second-order valence-corrected chi connectivity index (χ2v) is 4.55. The van der Waals surface area contributed by atoms with Crippen molar-refractivity contribution in [2.24, 2.45) is 0 Å². The van der Waals surface area contributed by atoms with Gasteiger partial charge in [0.15, 0.2) is 0 Å². The van der Waals surface area contributed by atoms with Crippen LogP contribution >= 0.6 is 0 Å². The lowest BCUT2D eigenvalue weighted by molar-refractivity contribution is 0.413. The zero-order chi connectivity index (χ0) is 13.7. The van der Waals surface area contributed by atoms with Gasteiger partial charge in [0.25, 0.3) is 0 Å². The summed E-state index contributed by atoms with van der Waals surface area (Å²) in [7, 11) is 3.70. The van der Waals surface area contributed by atoms with Crippen LogP contribution in [0.2, 0.25) is 0 Å². The predicted octanol–water partition coefficient (Wildman–Crippen LogP) is 3.57. The summed E-state index contributed by atoms with van der Waals surface area (Å²) in [5, 5.41) is 3.41. The van der Waals surface area contributed by atoms with Gasteiger partial charge in [-0.3, -0.25) is 0 Å². The molecule has 2 heteroatoms. The Morgan fingerprint density at radius 2 is 1.89 bits per heavy atom. The smallest absolute Gasteiger partial charge is 0.119 e. The third-order valence-electron chi connectivity index (χ3n) is 3.46. The van der Waals surface area contributed by atoms with E-state index >= 15 is 0 Å². The minimum Gasteiger partial charge on any atom is -0.497 e. The highest BCUT2D eigenvalue weighted by Crippen LogP contribution is 2.27. The molecule has 0 saturated heterocycles. The van der Waals surface area contributed by atoms with Gasteiger partial charge in [-0.05, 0) is 42.3 Å². The summed E-state index contributed by atoms with van der Waals surface area (Å²) in [6, 6.07) is 17.0. The van der Waals surface area contributed by atoms with Crippen molar-refractivity contribution in [3.8, 4) is 5.75 Å². The molecule has 0 aliphatic heterocycles. The number of benzene rings is 2. The van der Waals surface area contributed by atoms with Gasteiger partial charge in [-0.25, -0.2) is 0 Å². The lowest BCUT2D eigenvalue weighted by Crippen LogP contribution is -2.19. The summed E-state index contributed by atoms with van der Waals surface area (Å²) in [6.07, 6.45) is 1.04. The fraction of sp³-hybridized carbons (Fsp3) is 0.294. The van der Waals surface area contributed by atoms with E-state index in [9.17, 15) is 0 Å². The van der Waals surface area contributed by atoms with Crippen molar-refractivity contribution in [2.45, 2.75) is 19.4 Å². The summed E-state index contributed by atoms with van der Waals surface area (Å²) in [5.41, 5.74) is 3.94. The number of methoxy groups -OCH3 is 1. The van der Waals surface area contributed by atoms with E-state index in [1.165, 1.54) is 16.7 Å². The minimum atomic E-state index is 0.200. The van der Waals surface area contributed by atoms with E-state index in [1.54, 1.807) is 7.11 Å². The normalized spacial score (nSPS) is 12.2. The van der Waals surface area contributed by atoms with Crippen LogP contribution in [0.1, 0.15) is 29.7 Å². The van der Waals surface area contributed by atoms with E-state index in [0.29, 0.717) is 0 Å². The van der Waals surface area contributed by atoms with Crippen LogP contribution in [0.25, 0.3) is 0 Å². The van der Waals surface area contributed by atoms with Gasteiger partial charge in [-0.2, -0.15) is 0 Å². The topological polar surface area (TPSA) is 21.3 Å². The second kappa shape index (κ2) is 6.39. The minimum absolute atomic E-state index is 0.200. The first-order valence-corrected chi connectivity index (χ1v) is 6.69. The Morgan fingerprint density at radius 3 is 2.58 bits per heavy atom. The Bertz CT molecular complexity index is 536. The maximum absolute atomic E-state index is 5.31. The van der Waals surface area contributed by atoms with E-state index in [2.05, 4.69) is 48.6 Å². The van der Waals surface area contributed by atoms with Gasteiger partial charge in [0.05, 0.1) is 13.2 Å². The Balaban J connectivity index is 2.43. The molecule has 0 aliphatic carbocycles. The summed E-state index contributed by atoms with van der Waals surface area (Å²) < 4.78 is 5.31. The van der Waals surface area contributed by atoms with Gasteiger partial charge in [0.1, 0.15) is 5.75 Å². The predicted molar refractivity (Wildman–Crippen MR) is 79.7 cm³/mol. The zero-order valence-electron chi connectivity index (χ0n) is 11.8. The molecule has 1 atom stereocenters. The highest BCUT2D eigenvalue weighted by atomic mass is 16.5. The van der Waals surface area contributed by atoms with Crippen LogP contribution in [0.3, 0.4) is 0 Å². The van der Waals surface area contributed by atoms with Gasteiger partial charge in [0, 0.05) is 0 Å². The van der Waals surface area contributed by atoms with E-state index in [0.717, 1.165) is 12.2 Å². The molecular formula is C17H21NO. The monoisotopic (exact) mass is 255 g/mol. The summed E-state index contributed by atoms with van der Waals surface area (Å²) in [4.78, 5) is 0. The first-order chi connectivity index (χ1) is 9.30. The number of nitrogens with one attached hydrogen (secondary N) is 1. The van der Waals surface area contributed by atoms with Crippen LogP contribution < -0.4 is 10.1 Å². The molecule has 0 saturated carbocycles.